The van der Waals surface area contributed by atoms with Crippen LogP contribution in [0.1, 0.15) is 6.42 Å². The molecule has 1 aromatic heterocycles. The Hall–Kier alpha value is -1.81. The van der Waals surface area contributed by atoms with Crippen LogP contribution in [0.4, 0.5) is 11.4 Å². The van der Waals surface area contributed by atoms with E-state index in [9.17, 15) is 0 Å². The molecule has 0 saturated carbocycles. The van der Waals surface area contributed by atoms with Crippen molar-refractivity contribution in [1.29, 1.82) is 0 Å². The Bertz CT molecular complexity index is 564. The number of para-hydroxylation sites is 1. The Morgan fingerprint density at radius 2 is 2.28 bits per heavy atom. The number of likely N-dealkylation sites (N-methyl/N-ethyl adjacent to an activating group) is 1. The Kier molecular flexibility index (Phi) is 2.80. The quantitative estimate of drug-likeness (QED) is 0.820. The summed E-state index contributed by atoms with van der Waals surface area (Å²) in [5, 5.41) is 1.10. The van der Waals surface area contributed by atoms with E-state index in [0.29, 0.717) is 6.04 Å². The maximum Gasteiger partial charge on any atom is 0.0951 e. The van der Waals surface area contributed by atoms with Gasteiger partial charge in [-0.2, -0.15) is 0 Å². The highest BCUT2D eigenvalue weighted by Gasteiger charge is 2.21. The van der Waals surface area contributed by atoms with Crippen molar-refractivity contribution in [3.8, 4) is 0 Å². The predicted octanol–water partition coefficient (Wildman–Crippen LogP) is 2.04. The van der Waals surface area contributed by atoms with E-state index in [1.807, 2.05) is 24.4 Å². The van der Waals surface area contributed by atoms with E-state index in [1.165, 1.54) is 5.69 Å². The molecule has 1 aliphatic heterocycles. The number of aromatic nitrogens is 1. The fourth-order valence-electron chi connectivity index (χ4n) is 2.52. The second kappa shape index (κ2) is 4.46. The Morgan fingerprint density at radius 3 is 3.06 bits per heavy atom. The van der Waals surface area contributed by atoms with Gasteiger partial charge in [-0.1, -0.05) is 12.1 Å². The standard InChI is InChI=1S/C14H17N3O/c1-17(10-6-8-18-9-10)13-5-7-16-14-11(13)3-2-4-12(14)15/h2-5,7,10H,6,8-9,15H2,1H3. The van der Waals surface area contributed by atoms with Gasteiger partial charge in [-0.05, 0) is 18.6 Å². The number of nitrogens with zero attached hydrogens (tertiary/aromatic N) is 2. The lowest BCUT2D eigenvalue weighted by molar-refractivity contribution is 0.193. The lowest BCUT2D eigenvalue weighted by Crippen LogP contribution is -2.31. The number of pyridine rings is 1. The molecular formula is C14H17N3O. The van der Waals surface area contributed by atoms with Crippen molar-refractivity contribution in [3.63, 3.8) is 0 Å². The third-order valence-electron chi connectivity index (χ3n) is 3.61. The molecule has 2 heterocycles. The van der Waals surface area contributed by atoms with Crippen molar-refractivity contribution in [3.05, 3.63) is 30.5 Å². The summed E-state index contributed by atoms with van der Waals surface area (Å²) >= 11 is 0. The SMILES string of the molecule is CN(c1ccnc2c(N)cccc12)C1CCOC1. The number of nitrogens with two attached hydrogens (primary N) is 1. The maximum absolute atomic E-state index is 5.97. The smallest absolute Gasteiger partial charge is 0.0951 e. The first kappa shape index (κ1) is 11.3. The summed E-state index contributed by atoms with van der Waals surface area (Å²) in [4.78, 5) is 6.64. The summed E-state index contributed by atoms with van der Waals surface area (Å²) in [5.74, 6) is 0. The van der Waals surface area contributed by atoms with Crippen LogP contribution >= 0.6 is 0 Å². The number of rotatable bonds is 2. The normalized spacial score (nSPS) is 19.3. The summed E-state index contributed by atoms with van der Waals surface area (Å²) in [6, 6.07) is 8.41. The fraction of sp³-hybridized carbons (Fsp3) is 0.357. The Balaban J connectivity index is 2.08. The number of benzene rings is 1. The fourth-order valence-corrected chi connectivity index (χ4v) is 2.52. The van der Waals surface area contributed by atoms with Gasteiger partial charge in [-0.3, -0.25) is 4.98 Å². The molecule has 2 aromatic rings. The molecule has 0 radical (unpaired) electrons. The first-order chi connectivity index (χ1) is 8.77. The zero-order valence-electron chi connectivity index (χ0n) is 10.5. The molecule has 3 rings (SSSR count). The molecule has 1 aromatic carbocycles. The minimum atomic E-state index is 0.442. The van der Waals surface area contributed by atoms with E-state index in [0.717, 1.165) is 36.2 Å². The molecule has 0 spiro atoms. The minimum absolute atomic E-state index is 0.442. The van der Waals surface area contributed by atoms with Gasteiger partial charge in [-0.25, -0.2) is 0 Å². The molecule has 94 valence electrons. The van der Waals surface area contributed by atoms with Crippen LogP contribution in [0, 0.1) is 0 Å². The average molecular weight is 243 g/mol. The molecule has 0 aliphatic carbocycles. The largest absolute Gasteiger partial charge is 0.397 e. The number of hydrogen-bond donors (Lipinski definition) is 1. The van der Waals surface area contributed by atoms with Crippen LogP contribution in [-0.2, 0) is 4.74 Å². The number of nitrogen functional groups attached to an aromatic ring is 1. The highest BCUT2D eigenvalue weighted by Crippen LogP contribution is 2.30. The molecule has 1 saturated heterocycles. The van der Waals surface area contributed by atoms with Gasteiger partial charge in [0.05, 0.1) is 23.9 Å². The Morgan fingerprint density at radius 1 is 1.39 bits per heavy atom. The van der Waals surface area contributed by atoms with Gasteiger partial charge in [0.2, 0.25) is 0 Å². The number of ether oxygens (including phenoxy) is 1. The van der Waals surface area contributed by atoms with E-state index in [4.69, 9.17) is 10.5 Å². The van der Waals surface area contributed by atoms with Gasteiger partial charge < -0.3 is 15.4 Å². The highest BCUT2D eigenvalue weighted by molar-refractivity contribution is 5.98. The molecule has 1 atom stereocenters. The van der Waals surface area contributed by atoms with E-state index in [2.05, 4.69) is 23.0 Å². The summed E-state index contributed by atoms with van der Waals surface area (Å²) in [6.07, 6.45) is 2.89. The van der Waals surface area contributed by atoms with Crippen molar-refractivity contribution < 1.29 is 4.74 Å². The summed E-state index contributed by atoms with van der Waals surface area (Å²) in [7, 11) is 2.11. The molecule has 18 heavy (non-hydrogen) atoms. The maximum atomic E-state index is 5.97. The van der Waals surface area contributed by atoms with Gasteiger partial charge in [0, 0.05) is 30.9 Å². The van der Waals surface area contributed by atoms with Crippen LogP contribution in [0.25, 0.3) is 10.9 Å². The molecule has 1 aliphatic rings. The van der Waals surface area contributed by atoms with Crippen molar-refractivity contribution in [1.82, 2.24) is 4.98 Å². The van der Waals surface area contributed by atoms with Crippen LogP contribution < -0.4 is 10.6 Å². The zero-order chi connectivity index (χ0) is 12.5. The van der Waals surface area contributed by atoms with Crippen molar-refractivity contribution in [2.45, 2.75) is 12.5 Å². The van der Waals surface area contributed by atoms with E-state index in [1.54, 1.807) is 0 Å². The lowest BCUT2D eigenvalue weighted by atomic mass is 10.1. The van der Waals surface area contributed by atoms with Crippen LogP contribution in [0.3, 0.4) is 0 Å². The molecule has 0 bridgehead atoms. The highest BCUT2D eigenvalue weighted by atomic mass is 16.5. The number of fused-ring (bicyclic) bond motifs is 1. The first-order valence-corrected chi connectivity index (χ1v) is 6.21. The topological polar surface area (TPSA) is 51.4 Å². The van der Waals surface area contributed by atoms with E-state index in [-0.39, 0.29) is 0 Å². The number of hydrogen-bond acceptors (Lipinski definition) is 4. The molecule has 1 fully saturated rings. The van der Waals surface area contributed by atoms with E-state index >= 15 is 0 Å². The molecule has 4 heteroatoms. The van der Waals surface area contributed by atoms with Gasteiger partial charge in [0.1, 0.15) is 0 Å². The number of anilines is 2. The minimum Gasteiger partial charge on any atom is -0.397 e. The summed E-state index contributed by atoms with van der Waals surface area (Å²) in [5.41, 5.74) is 8.75. The molecule has 0 amide bonds. The monoisotopic (exact) mass is 243 g/mol. The summed E-state index contributed by atoms with van der Waals surface area (Å²) in [6.45, 7) is 1.64. The third-order valence-corrected chi connectivity index (χ3v) is 3.61. The molecule has 1 unspecified atom stereocenters. The summed E-state index contributed by atoms with van der Waals surface area (Å²) < 4.78 is 5.45. The van der Waals surface area contributed by atoms with Crippen LogP contribution in [-0.4, -0.2) is 31.3 Å². The Labute approximate surface area is 106 Å². The van der Waals surface area contributed by atoms with Gasteiger partial charge >= 0.3 is 0 Å². The molecule has 2 N–H and O–H groups in total. The first-order valence-electron chi connectivity index (χ1n) is 6.21. The third kappa shape index (κ3) is 1.78. The van der Waals surface area contributed by atoms with Crippen LogP contribution in [0.15, 0.2) is 30.5 Å². The van der Waals surface area contributed by atoms with Crippen LogP contribution in [0.2, 0.25) is 0 Å². The van der Waals surface area contributed by atoms with Crippen molar-refractivity contribution >= 4 is 22.3 Å². The zero-order valence-corrected chi connectivity index (χ0v) is 10.5. The van der Waals surface area contributed by atoms with Gasteiger partial charge in [-0.15, -0.1) is 0 Å². The lowest BCUT2D eigenvalue weighted by Gasteiger charge is -2.26. The van der Waals surface area contributed by atoms with E-state index < -0.39 is 0 Å². The molecular weight excluding hydrogens is 226 g/mol. The van der Waals surface area contributed by atoms with Crippen LogP contribution in [0.5, 0.6) is 0 Å². The van der Waals surface area contributed by atoms with Gasteiger partial charge in [0.25, 0.3) is 0 Å². The average Bonchev–Trinajstić information content (AvgIpc) is 2.92. The molecule has 4 nitrogen and oxygen atoms in total. The second-order valence-electron chi connectivity index (χ2n) is 4.70. The van der Waals surface area contributed by atoms with Crippen molar-refractivity contribution in [2.24, 2.45) is 0 Å². The predicted molar refractivity (Wildman–Crippen MR) is 73.8 cm³/mol. The van der Waals surface area contributed by atoms with Gasteiger partial charge in [0.15, 0.2) is 0 Å². The van der Waals surface area contributed by atoms with Crippen molar-refractivity contribution in [2.75, 3.05) is 30.9 Å². The second-order valence-corrected chi connectivity index (χ2v) is 4.70.